The molecule has 3 aliphatic carbocycles. The molecular weight excluding hydrogens is 578 g/mol. The number of ether oxygens (including phenoxy) is 1. The molecule has 1 aromatic heterocycles. The number of rotatable bonds is 5. The number of phenolic OH excluding ortho intramolecular Hbond substituents is 1. The Morgan fingerprint density at radius 1 is 1.14 bits per heavy atom. The fourth-order valence-corrected chi connectivity index (χ4v) is 7.17. The molecule has 1 saturated carbocycles. The second-order valence-electron chi connectivity index (χ2n) is 10.8. The average Bonchev–Trinajstić information content (AvgIpc) is 3.44. The number of nitrogens with zero attached hydrogens (tertiary/aromatic N) is 1. The Kier molecular flexibility index (Phi) is 6.56. The highest BCUT2D eigenvalue weighted by atomic mass is 32.1. The van der Waals surface area contributed by atoms with E-state index in [-0.39, 0.29) is 11.3 Å². The summed E-state index contributed by atoms with van der Waals surface area (Å²) in [5.74, 6) is -8.42. The van der Waals surface area contributed by atoms with Crippen LogP contribution >= 0.6 is 11.3 Å². The SMILES string of the molecule is COc1ccc(-c2csc(Nc3ccc4c(c3O)C(O)=C3C(=O)C5(O)C(O)=C(C(N)=O)C(=O)CC5C(O)C3C4C)n2)cc1. The van der Waals surface area contributed by atoms with Crippen molar-refractivity contribution >= 4 is 45.4 Å². The first-order valence-corrected chi connectivity index (χ1v) is 14.2. The molecule has 3 aliphatic rings. The van der Waals surface area contributed by atoms with E-state index in [4.69, 9.17) is 10.5 Å². The lowest BCUT2D eigenvalue weighted by Gasteiger charge is -2.50. The standard InChI is InChI=1S/C30H27N3O9S/c1-11-14-7-8-16(32-29-33-17(10-43-29)12-3-5-13(42-2)6-4-12)24(36)20(14)25(37)22-19(11)23(35)15-9-18(34)21(28(31)40)26(38)30(15,41)27(22)39/h3-8,10-11,15,19,23,35-38,41H,9H2,1-2H3,(H2,31,40)(H,32,33). The number of carbonyl (C=O) groups is 3. The minimum atomic E-state index is -2.89. The van der Waals surface area contributed by atoms with Crippen molar-refractivity contribution in [3.63, 3.8) is 0 Å². The van der Waals surface area contributed by atoms with Gasteiger partial charge in [0.1, 0.15) is 28.6 Å². The van der Waals surface area contributed by atoms with Crippen LogP contribution in [0.5, 0.6) is 11.5 Å². The molecule has 5 atom stereocenters. The van der Waals surface area contributed by atoms with E-state index in [1.807, 2.05) is 17.5 Å². The number of phenols is 1. The minimum Gasteiger partial charge on any atom is -0.508 e. The molecule has 0 aliphatic heterocycles. The lowest BCUT2D eigenvalue weighted by atomic mass is 9.55. The smallest absolute Gasteiger partial charge is 0.255 e. The monoisotopic (exact) mass is 605 g/mol. The van der Waals surface area contributed by atoms with Gasteiger partial charge >= 0.3 is 0 Å². The highest BCUT2D eigenvalue weighted by molar-refractivity contribution is 7.14. The number of primary amides is 1. The number of aliphatic hydroxyl groups is 4. The van der Waals surface area contributed by atoms with Crippen LogP contribution in [0, 0.1) is 11.8 Å². The third-order valence-electron chi connectivity index (χ3n) is 8.63. The van der Waals surface area contributed by atoms with Crippen LogP contribution in [0.4, 0.5) is 10.8 Å². The maximum Gasteiger partial charge on any atom is 0.255 e. The van der Waals surface area contributed by atoms with Gasteiger partial charge in [0, 0.05) is 34.8 Å². The Balaban J connectivity index is 1.41. The van der Waals surface area contributed by atoms with Gasteiger partial charge in [0.25, 0.3) is 5.91 Å². The van der Waals surface area contributed by atoms with E-state index in [9.17, 15) is 39.9 Å². The fraction of sp³-hybridized carbons (Fsp3) is 0.267. The molecule has 0 saturated heterocycles. The van der Waals surface area contributed by atoms with Gasteiger partial charge in [-0.3, -0.25) is 14.4 Å². The largest absolute Gasteiger partial charge is 0.508 e. The maximum absolute atomic E-state index is 13.8. The summed E-state index contributed by atoms with van der Waals surface area (Å²) in [5.41, 5.74) is 2.93. The first-order valence-electron chi connectivity index (χ1n) is 13.3. The topological polar surface area (TPSA) is 213 Å². The normalized spacial score (nSPS) is 26.5. The molecule has 5 unspecified atom stereocenters. The van der Waals surface area contributed by atoms with Crippen molar-refractivity contribution in [1.82, 2.24) is 4.98 Å². The summed E-state index contributed by atoms with van der Waals surface area (Å²) in [6.07, 6.45) is -2.22. The van der Waals surface area contributed by atoms with E-state index in [0.29, 0.717) is 22.1 Å². The number of nitrogens with two attached hydrogens (primary N) is 1. The number of hydrogen-bond donors (Lipinski definition) is 7. The van der Waals surface area contributed by atoms with E-state index in [2.05, 4.69) is 10.3 Å². The number of hydrogen-bond acceptors (Lipinski definition) is 12. The molecule has 1 heterocycles. The van der Waals surface area contributed by atoms with Gasteiger partial charge in [0.15, 0.2) is 16.5 Å². The van der Waals surface area contributed by atoms with Crippen LogP contribution < -0.4 is 15.8 Å². The summed E-state index contributed by atoms with van der Waals surface area (Å²) in [7, 11) is 1.57. The van der Waals surface area contributed by atoms with Gasteiger partial charge < -0.3 is 41.3 Å². The first-order chi connectivity index (χ1) is 20.4. The Labute approximate surface area is 248 Å². The van der Waals surface area contributed by atoms with Gasteiger partial charge in [-0.05, 0) is 41.8 Å². The molecule has 3 aromatic rings. The number of aliphatic hydroxyl groups excluding tert-OH is 3. The molecule has 1 fully saturated rings. The first kappa shape index (κ1) is 28.4. The van der Waals surface area contributed by atoms with Crippen molar-refractivity contribution in [3.8, 4) is 22.8 Å². The Hall–Kier alpha value is -4.72. The predicted octanol–water partition coefficient (Wildman–Crippen LogP) is 2.83. The van der Waals surface area contributed by atoms with E-state index in [1.54, 1.807) is 38.3 Å². The summed E-state index contributed by atoms with van der Waals surface area (Å²) < 4.78 is 5.19. The summed E-state index contributed by atoms with van der Waals surface area (Å²) >= 11 is 1.27. The van der Waals surface area contributed by atoms with Gasteiger partial charge in [-0.25, -0.2) is 4.98 Å². The van der Waals surface area contributed by atoms with Crippen LogP contribution in [-0.2, 0) is 14.4 Å². The zero-order valence-electron chi connectivity index (χ0n) is 22.9. The van der Waals surface area contributed by atoms with Crippen molar-refractivity contribution in [2.24, 2.45) is 17.6 Å². The Morgan fingerprint density at radius 2 is 1.84 bits per heavy atom. The average molecular weight is 606 g/mol. The lowest BCUT2D eigenvalue weighted by Crippen LogP contribution is -2.63. The number of aromatic hydroxyl groups is 1. The van der Waals surface area contributed by atoms with Gasteiger partial charge in [0.2, 0.25) is 5.78 Å². The molecule has 43 heavy (non-hydrogen) atoms. The maximum atomic E-state index is 13.8. The van der Waals surface area contributed by atoms with Crippen LogP contribution in [-0.4, -0.2) is 66.8 Å². The van der Waals surface area contributed by atoms with E-state index < -0.39 is 81.8 Å². The molecule has 0 radical (unpaired) electrons. The zero-order valence-corrected chi connectivity index (χ0v) is 23.7. The predicted molar refractivity (Wildman–Crippen MR) is 155 cm³/mol. The summed E-state index contributed by atoms with van der Waals surface area (Å²) in [6.45, 7) is 1.67. The number of anilines is 2. The molecule has 0 bridgehead atoms. The van der Waals surface area contributed by atoms with Crippen LogP contribution in [0.25, 0.3) is 17.0 Å². The summed E-state index contributed by atoms with van der Waals surface area (Å²) in [5, 5.41) is 61.6. The number of nitrogens with one attached hydrogen (secondary N) is 1. The Morgan fingerprint density at radius 3 is 2.49 bits per heavy atom. The quantitative estimate of drug-likeness (QED) is 0.166. The van der Waals surface area contributed by atoms with E-state index >= 15 is 0 Å². The van der Waals surface area contributed by atoms with Crippen molar-refractivity contribution in [2.45, 2.75) is 31.0 Å². The fourth-order valence-electron chi connectivity index (χ4n) is 6.44. The van der Waals surface area contributed by atoms with E-state index in [1.165, 1.54) is 11.3 Å². The van der Waals surface area contributed by atoms with Crippen molar-refractivity contribution in [2.75, 3.05) is 12.4 Å². The summed E-state index contributed by atoms with van der Waals surface area (Å²) in [4.78, 5) is 42.8. The molecule has 13 heteroatoms. The van der Waals surface area contributed by atoms with Gasteiger partial charge in [-0.15, -0.1) is 11.3 Å². The summed E-state index contributed by atoms with van der Waals surface area (Å²) in [6, 6.07) is 10.5. The number of aromatic nitrogens is 1. The third kappa shape index (κ3) is 4.03. The molecular formula is C30H27N3O9S. The second-order valence-corrected chi connectivity index (χ2v) is 11.7. The second kappa shape index (κ2) is 9.93. The number of amides is 1. The molecule has 222 valence electrons. The van der Waals surface area contributed by atoms with Crippen LogP contribution in [0.1, 0.15) is 30.4 Å². The Bertz CT molecular complexity index is 1780. The molecule has 2 aromatic carbocycles. The zero-order chi connectivity index (χ0) is 31.0. The van der Waals surface area contributed by atoms with Crippen LogP contribution in [0.3, 0.4) is 0 Å². The number of carbonyl (C=O) groups excluding carboxylic acids is 3. The van der Waals surface area contributed by atoms with Crippen LogP contribution in [0.2, 0.25) is 0 Å². The number of fused-ring (bicyclic) bond motifs is 3. The van der Waals surface area contributed by atoms with Crippen molar-refractivity contribution < 1.29 is 44.7 Å². The molecule has 8 N–H and O–H groups in total. The number of benzene rings is 2. The molecule has 1 amide bonds. The minimum absolute atomic E-state index is 0.108. The number of thiazole rings is 1. The van der Waals surface area contributed by atoms with Gasteiger partial charge in [-0.1, -0.05) is 13.0 Å². The highest BCUT2D eigenvalue weighted by Crippen LogP contribution is 2.56. The van der Waals surface area contributed by atoms with Crippen molar-refractivity contribution in [1.29, 1.82) is 0 Å². The molecule has 6 rings (SSSR count). The lowest BCUT2D eigenvalue weighted by molar-refractivity contribution is -0.160. The molecule has 12 nitrogen and oxygen atoms in total. The highest BCUT2D eigenvalue weighted by Gasteiger charge is 2.64. The molecule has 0 spiro atoms. The number of Topliss-reactive ketones (excluding diaryl/α,β-unsaturated/α-hetero) is 2. The van der Waals surface area contributed by atoms with Crippen molar-refractivity contribution in [3.05, 3.63) is 69.8 Å². The van der Waals surface area contributed by atoms with Gasteiger partial charge in [0.05, 0.1) is 30.2 Å². The van der Waals surface area contributed by atoms with E-state index in [0.717, 1.165) is 5.56 Å². The van der Waals surface area contributed by atoms with Crippen LogP contribution in [0.15, 0.2) is 58.7 Å². The number of ketones is 2. The van der Waals surface area contributed by atoms with Gasteiger partial charge in [-0.2, -0.15) is 0 Å². The number of methoxy groups -OCH3 is 1. The third-order valence-corrected chi connectivity index (χ3v) is 9.39.